The molecule has 0 amide bonds. The Balaban J connectivity index is 1.34. The number of thioether (sulfide) groups is 1. The number of aryl methyl sites for hydroxylation is 2. The first kappa shape index (κ1) is 15.2. The van der Waals surface area contributed by atoms with Gasteiger partial charge in [-0.15, -0.1) is 10.2 Å². The molecule has 24 heavy (non-hydrogen) atoms. The minimum absolute atomic E-state index is 0.451. The Morgan fingerprint density at radius 1 is 1.17 bits per heavy atom. The molecule has 0 saturated heterocycles. The summed E-state index contributed by atoms with van der Waals surface area (Å²) in [6, 6.07) is 10.7. The van der Waals surface area contributed by atoms with E-state index in [9.17, 15) is 0 Å². The smallest absolute Gasteiger partial charge is 0.237 e. The van der Waals surface area contributed by atoms with Gasteiger partial charge in [0.15, 0.2) is 11.0 Å². The highest BCUT2D eigenvalue weighted by molar-refractivity contribution is 7.98. The van der Waals surface area contributed by atoms with Crippen LogP contribution in [0.4, 0.5) is 5.95 Å². The molecule has 0 atom stereocenters. The van der Waals surface area contributed by atoms with Crippen molar-refractivity contribution in [2.45, 2.75) is 42.6 Å². The van der Waals surface area contributed by atoms with Crippen LogP contribution in [-0.2, 0) is 18.6 Å². The van der Waals surface area contributed by atoms with Crippen molar-refractivity contribution in [2.24, 2.45) is 0 Å². The molecule has 1 fully saturated rings. The summed E-state index contributed by atoms with van der Waals surface area (Å²) in [4.78, 5) is 4.45. The van der Waals surface area contributed by atoms with Crippen molar-refractivity contribution in [3.05, 3.63) is 47.6 Å². The number of hydrogen-bond acceptors (Lipinski definition) is 7. The Kier molecular flexibility index (Phi) is 4.20. The molecule has 4 rings (SSSR count). The fraction of sp³-hybridized carbons (Fsp3) is 0.375. The molecule has 124 valence electrons. The van der Waals surface area contributed by atoms with E-state index in [0.717, 1.165) is 36.7 Å². The predicted molar refractivity (Wildman–Crippen MR) is 90.4 cm³/mol. The average Bonchev–Trinajstić information content (AvgIpc) is 3.22. The molecule has 2 N–H and O–H groups in total. The van der Waals surface area contributed by atoms with E-state index in [-0.39, 0.29) is 0 Å². The van der Waals surface area contributed by atoms with E-state index in [1.165, 1.54) is 17.3 Å². The lowest BCUT2D eigenvalue weighted by Gasteiger charge is -2.03. The van der Waals surface area contributed by atoms with Gasteiger partial charge in [-0.2, -0.15) is 4.98 Å². The van der Waals surface area contributed by atoms with Crippen LogP contribution in [0.1, 0.15) is 36.2 Å². The molecule has 0 aliphatic heterocycles. The molecule has 7 nitrogen and oxygen atoms in total. The van der Waals surface area contributed by atoms with Crippen LogP contribution in [0, 0.1) is 0 Å². The normalized spacial score (nSPS) is 14.2. The maximum absolute atomic E-state index is 5.87. The zero-order valence-electron chi connectivity index (χ0n) is 13.1. The first-order valence-corrected chi connectivity index (χ1v) is 8.97. The van der Waals surface area contributed by atoms with Gasteiger partial charge in [0.25, 0.3) is 0 Å². The molecule has 2 aromatic heterocycles. The second-order valence-electron chi connectivity index (χ2n) is 5.82. The number of aromatic nitrogens is 5. The van der Waals surface area contributed by atoms with E-state index in [1.807, 2.05) is 22.8 Å². The van der Waals surface area contributed by atoms with Crippen molar-refractivity contribution < 1.29 is 4.52 Å². The fourth-order valence-corrected chi connectivity index (χ4v) is 3.39. The molecule has 0 radical (unpaired) electrons. The summed E-state index contributed by atoms with van der Waals surface area (Å²) in [6.45, 7) is 0. The van der Waals surface area contributed by atoms with E-state index < -0.39 is 0 Å². The van der Waals surface area contributed by atoms with Crippen LogP contribution in [0.25, 0.3) is 0 Å². The number of nitrogens with two attached hydrogens (primary N) is 1. The van der Waals surface area contributed by atoms with Crippen molar-refractivity contribution >= 4 is 17.7 Å². The molecule has 8 heteroatoms. The molecule has 1 aromatic carbocycles. The summed E-state index contributed by atoms with van der Waals surface area (Å²) in [7, 11) is 0. The highest BCUT2D eigenvalue weighted by atomic mass is 32.2. The van der Waals surface area contributed by atoms with Crippen LogP contribution in [0.5, 0.6) is 0 Å². The first-order chi connectivity index (χ1) is 11.8. The van der Waals surface area contributed by atoms with E-state index in [4.69, 9.17) is 10.3 Å². The number of nitrogen functional groups attached to an aromatic ring is 1. The topological polar surface area (TPSA) is 95.7 Å². The Morgan fingerprint density at radius 2 is 2.00 bits per heavy atom. The van der Waals surface area contributed by atoms with Gasteiger partial charge >= 0.3 is 0 Å². The Labute approximate surface area is 143 Å². The number of anilines is 1. The quantitative estimate of drug-likeness (QED) is 0.659. The van der Waals surface area contributed by atoms with Crippen molar-refractivity contribution in [3.8, 4) is 0 Å². The van der Waals surface area contributed by atoms with Crippen molar-refractivity contribution in [1.29, 1.82) is 0 Å². The highest BCUT2D eigenvalue weighted by Crippen LogP contribution is 2.39. The van der Waals surface area contributed by atoms with E-state index in [0.29, 0.717) is 23.6 Å². The number of hydrogen-bond donors (Lipinski definition) is 1. The SMILES string of the molecule is Nc1nnc(SCc2nc(CCc3ccccc3)no2)n1C1CC1. The largest absolute Gasteiger partial charge is 0.368 e. The third kappa shape index (κ3) is 3.43. The number of nitrogens with zero attached hydrogens (tertiary/aromatic N) is 5. The van der Waals surface area contributed by atoms with Gasteiger partial charge in [-0.25, -0.2) is 0 Å². The van der Waals surface area contributed by atoms with Crippen LogP contribution in [0.2, 0.25) is 0 Å². The van der Waals surface area contributed by atoms with Crippen molar-refractivity contribution in [2.75, 3.05) is 5.73 Å². The van der Waals surface area contributed by atoms with Crippen molar-refractivity contribution in [1.82, 2.24) is 24.9 Å². The predicted octanol–water partition coefficient (Wildman–Crippen LogP) is 2.66. The van der Waals surface area contributed by atoms with Gasteiger partial charge in [-0.1, -0.05) is 47.3 Å². The summed E-state index contributed by atoms with van der Waals surface area (Å²) in [5.74, 6) is 2.39. The zero-order valence-corrected chi connectivity index (χ0v) is 13.9. The second kappa shape index (κ2) is 6.64. The number of rotatable bonds is 7. The second-order valence-corrected chi connectivity index (χ2v) is 6.76. The third-order valence-electron chi connectivity index (χ3n) is 3.92. The minimum Gasteiger partial charge on any atom is -0.368 e. The Morgan fingerprint density at radius 3 is 2.79 bits per heavy atom. The first-order valence-electron chi connectivity index (χ1n) is 7.98. The lowest BCUT2D eigenvalue weighted by molar-refractivity contribution is 0.384. The van der Waals surface area contributed by atoms with E-state index in [1.54, 1.807) is 0 Å². The maximum Gasteiger partial charge on any atom is 0.237 e. The van der Waals surface area contributed by atoms with Gasteiger partial charge in [0.2, 0.25) is 11.8 Å². The Bertz CT molecular complexity index is 811. The molecular weight excluding hydrogens is 324 g/mol. The third-order valence-corrected chi connectivity index (χ3v) is 4.85. The van der Waals surface area contributed by atoms with Gasteiger partial charge in [0, 0.05) is 12.5 Å². The van der Waals surface area contributed by atoms with Crippen LogP contribution in [0.3, 0.4) is 0 Å². The molecular formula is C16H18N6OS. The highest BCUT2D eigenvalue weighted by Gasteiger charge is 2.29. The van der Waals surface area contributed by atoms with Crippen molar-refractivity contribution in [3.63, 3.8) is 0 Å². The van der Waals surface area contributed by atoms with Gasteiger partial charge in [0.1, 0.15) is 0 Å². The van der Waals surface area contributed by atoms with E-state index in [2.05, 4.69) is 32.5 Å². The van der Waals surface area contributed by atoms with Gasteiger partial charge in [-0.05, 0) is 24.8 Å². The molecule has 0 spiro atoms. The van der Waals surface area contributed by atoms with Crippen LogP contribution >= 0.6 is 11.8 Å². The minimum atomic E-state index is 0.451. The van der Waals surface area contributed by atoms with E-state index >= 15 is 0 Å². The lowest BCUT2D eigenvalue weighted by atomic mass is 10.1. The molecule has 1 aliphatic rings. The summed E-state index contributed by atoms with van der Waals surface area (Å²) >= 11 is 1.53. The monoisotopic (exact) mass is 342 g/mol. The summed E-state index contributed by atoms with van der Waals surface area (Å²) < 4.78 is 7.32. The van der Waals surface area contributed by atoms with Crippen LogP contribution in [-0.4, -0.2) is 24.9 Å². The van der Waals surface area contributed by atoms with Crippen LogP contribution in [0.15, 0.2) is 40.0 Å². The molecule has 2 heterocycles. The van der Waals surface area contributed by atoms with Gasteiger partial charge < -0.3 is 10.3 Å². The standard InChI is InChI=1S/C16H18N6OS/c17-15-19-20-16(22(15)12-7-8-12)24-10-14-18-13(21-23-14)9-6-11-4-2-1-3-5-11/h1-5,12H,6-10H2,(H2,17,19). The summed E-state index contributed by atoms with van der Waals surface area (Å²) in [6.07, 6.45) is 3.95. The summed E-state index contributed by atoms with van der Waals surface area (Å²) in [5.41, 5.74) is 7.14. The molecule has 0 unspecified atom stereocenters. The zero-order chi connectivity index (χ0) is 16.4. The maximum atomic E-state index is 5.87. The fourth-order valence-electron chi connectivity index (χ4n) is 2.54. The molecule has 3 aromatic rings. The molecule has 1 saturated carbocycles. The average molecular weight is 342 g/mol. The lowest BCUT2D eigenvalue weighted by Crippen LogP contribution is -2.02. The van der Waals surface area contributed by atoms with Crippen LogP contribution < -0.4 is 5.73 Å². The number of benzene rings is 1. The van der Waals surface area contributed by atoms with Gasteiger partial charge in [-0.3, -0.25) is 4.57 Å². The molecule has 0 bridgehead atoms. The summed E-state index contributed by atoms with van der Waals surface area (Å²) in [5, 5.41) is 13.0. The Hall–Kier alpha value is -2.35. The van der Waals surface area contributed by atoms with Gasteiger partial charge in [0.05, 0.1) is 5.75 Å². The molecule has 1 aliphatic carbocycles.